The van der Waals surface area contributed by atoms with Crippen LogP contribution in [0.15, 0.2) is 24.5 Å². The third-order valence-corrected chi connectivity index (χ3v) is 3.35. The molecule has 0 spiro atoms. The zero-order valence-electron chi connectivity index (χ0n) is 12.3. The normalized spacial score (nSPS) is 12.2. The number of nitrogens with one attached hydrogen (secondary N) is 1. The van der Waals surface area contributed by atoms with Gasteiger partial charge in [-0.3, -0.25) is 10.8 Å². The molecule has 5 heteroatoms. The first-order valence-corrected chi connectivity index (χ1v) is 6.47. The van der Waals surface area contributed by atoms with E-state index in [1.807, 2.05) is 0 Å². The third-order valence-electron chi connectivity index (χ3n) is 3.35. The molecule has 0 saturated heterocycles. The summed E-state index contributed by atoms with van der Waals surface area (Å²) in [6.07, 6.45) is 3.24. The van der Waals surface area contributed by atoms with Crippen molar-refractivity contribution in [2.45, 2.75) is 26.8 Å². The summed E-state index contributed by atoms with van der Waals surface area (Å²) in [4.78, 5) is 8.56. The Labute approximate surface area is 119 Å². The van der Waals surface area contributed by atoms with Gasteiger partial charge in [0, 0.05) is 12.4 Å². The molecule has 1 unspecified atom stereocenters. The second-order valence-electron chi connectivity index (χ2n) is 4.86. The average Bonchev–Trinajstić information content (AvgIpc) is 2.42. The molecule has 1 atom stereocenters. The van der Waals surface area contributed by atoms with Crippen molar-refractivity contribution in [2.75, 3.05) is 7.11 Å². The largest absolute Gasteiger partial charge is 0.480 e. The number of ether oxygens (including phenoxy) is 1. The first-order chi connectivity index (χ1) is 9.58. The van der Waals surface area contributed by atoms with Crippen molar-refractivity contribution in [3.63, 3.8) is 0 Å². The molecule has 1 aromatic carbocycles. The van der Waals surface area contributed by atoms with Gasteiger partial charge < -0.3 is 4.74 Å². The maximum absolute atomic E-state index is 5.76. The fourth-order valence-corrected chi connectivity index (χ4v) is 2.64. The highest BCUT2D eigenvalue weighted by molar-refractivity contribution is 5.44. The van der Waals surface area contributed by atoms with Crippen molar-refractivity contribution in [3.8, 4) is 5.88 Å². The van der Waals surface area contributed by atoms with E-state index >= 15 is 0 Å². The van der Waals surface area contributed by atoms with Crippen LogP contribution in [0.25, 0.3) is 0 Å². The van der Waals surface area contributed by atoms with Crippen LogP contribution in [0.1, 0.15) is 34.0 Å². The van der Waals surface area contributed by atoms with Crippen LogP contribution >= 0.6 is 0 Å². The summed E-state index contributed by atoms with van der Waals surface area (Å²) in [5, 5.41) is 0. The summed E-state index contributed by atoms with van der Waals surface area (Å²) in [5.41, 5.74) is 8.18. The van der Waals surface area contributed by atoms with Gasteiger partial charge in [-0.2, -0.15) is 0 Å². The van der Waals surface area contributed by atoms with Crippen molar-refractivity contribution in [1.29, 1.82) is 0 Å². The molecule has 0 saturated carbocycles. The van der Waals surface area contributed by atoms with Crippen molar-refractivity contribution in [2.24, 2.45) is 5.84 Å². The fourth-order valence-electron chi connectivity index (χ4n) is 2.64. The van der Waals surface area contributed by atoms with Crippen LogP contribution in [0.4, 0.5) is 0 Å². The van der Waals surface area contributed by atoms with E-state index in [4.69, 9.17) is 10.6 Å². The first kappa shape index (κ1) is 14.4. The second kappa shape index (κ2) is 5.98. The van der Waals surface area contributed by atoms with Crippen LogP contribution < -0.4 is 16.0 Å². The Kier molecular flexibility index (Phi) is 4.32. The highest BCUT2D eigenvalue weighted by atomic mass is 16.5. The van der Waals surface area contributed by atoms with Crippen molar-refractivity contribution >= 4 is 0 Å². The Morgan fingerprint density at radius 2 is 1.70 bits per heavy atom. The maximum Gasteiger partial charge on any atom is 0.237 e. The number of hydrazine groups is 1. The summed E-state index contributed by atoms with van der Waals surface area (Å²) in [6, 6.07) is 4.02. The van der Waals surface area contributed by atoms with E-state index in [-0.39, 0.29) is 6.04 Å². The minimum Gasteiger partial charge on any atom is -0.480 e. The minimum atomic E-state index is -0.251. The van der Waals surface area contributed by atoms with Crippen molar-refractivity contribution in [1.82, 2.24) is 15.4 Å². The molecule has 0 aliphatic rings. The molecule has 2 rings (SSSR count). The second-order valence-corrected chi connectivity index (χ2v) is 4.86. The van der Waals surface area contributed by atoms with E-state index in [0.717, 1.165) is 16.7 Å². The predicted molar refractivity (Wildman–Crippen MR) is 78.4 cm³/mol. The molecule has 0 radical (unpaired) electrons. The smallest absolute Gasteiger partial charge is 0.237 e. The van der Waals surface area contributed by atoms with Crippen LogP contribution in [-0.4, -0.2) is 17.1 Å². The monoisotopic (exact) mass is 272 g/mol. The Bertz CT molecular complexity index is 590. The SMILES string of the molecule is COc1nccnc1C(NN)c1c(C)cc(C)cc1C. The first-order valence-electron chi connectivity index (χ1n) is 6.47. The highest BCUT2D eigenvalue weighted by Gasteiger charge is 2.22. The molecule has 1 aromatic heterocycles. The van der Waals surface area contributed by atoms with Crippen LogP contribution in [0.2, 0.25) is 0 Å². The number of aromatic nitrogens is 2. The third kappa shape index (κ3) is 2.64. The number of aryl methyl sites for hydroxylation is 3. The lowest BCUT2D eigenvalue weighted by molar-refractivity contribution is 0.382. The zero-order chi connectivity index (χ0) is 14.7. The number of hydrogen-bond donors (Lipinski definition) is 2. The maximum atomic E-state index is 5.76. The summed E-state index contributed by atoms with van der Waals surface area (Å²) >= 11 is 0. The standard InChI is InChI=1S/C15H20N4O/c1-9-7-10(2)12(11(3)8-9)13(19-16)14-15(20-4)18-6-5-17-14/h5-8,13,19H,16H2,1-4H3. The van der Waals surface area contributed by atoms with E-state index < -0.39 is 0 Å². The van der Waals surface area contributed by atoms with Gasteiger partial charge in [0.2, 0.25) is 5.88 Å². The Hall–Kier alpha value is -1.98. The number of benzene rings is 1. The van der Waals surface area contributed by atoms with E-state index in [2.05, 4.69) is 48.3 Å². The van der Waals surface area contributed by atoms with Crippen molar-refractivity contribution < 1.29 is 4.74 Å². The van der Waals surface area contributed by atoms with Gasteiger partial charge in [0.1, 0.15) is 5.69 Å². The number of hydrogen-bond acceptors (Lipinski definition) is 5. The fraction of sp³-hybridized carbons (Fsp3) is 0.333. The van der Waals surface area contributed by atoms with Gasteiger partial charge in [-0.05, 0) is 37.5 Å². The van der Waals surface area contributed by atoms with Gasteiger partial charge in [0.25, 0.3) is 0 Å². The number of methoxy groups -OCH3 is 1. The Morgan fingerprint density at radius 3 is 2.25 bits per heavy atom. The number of rotatable bonds is 4. The quantitative estimate of drug-likeness (QED) is 0.657. The average molecular weight is 272 g/mol. The molecule has 5 nitrogen and oxygen atoms in total. The number of nitrogens with zero attached hydrogens (tertiary/aromatic N) is 2. The lowest BCUT2D eigenvalue weighted by Gasteiger charge is -2.22. The van der Waals surface area contributed by atoms with Crippen LogP contribution in [0.5, 0.6) is 5.88 Å². The van der Waals surface area contributed by atoms with E-state index in [0.29, 0.717) is 11.6 Å². The Morgan fingerprint density at radius 1 is 1.10 bits per heavy atom. The van der Waals surface area contributed by atoms with E-state index in [1.54, 1.807) is 19.5 Å². The topological polar surface area (TPSA) is 73.1 Å². The molecular formula is C15H20N4O. The summed E-state index contributed by atoms with van der Waals surface area (Å²) in [6.45, 7) is 6.22. The predicted octanol–water partition coefficient (Wildman–Crippen LogP) is 1.96. The molecule has 0 aliphatic carbocycles. The van der Waals surface area contributed by atoms with E-state index in [1.165, 1.54) is 5.56 Å². The summed E-state index contributed by atoms with van der Waals surface area (Å²) in [7, 11) is 1.58. The molecular weight excluding hydrogens is 252 g/mol. The Balaban J connectivity index is 2.59. The molecule has 3 N–H and O–H groups in total. The molecule has 1 heterocycles. The van der Waals surface area contributed by atoms with Crippen LogP contribution in [-0.2, 0) is 0 Å². The molecule has 0 amide bonds. The van der Waals surface area contributed by atoms with Gasteiger partial charge in [-0.25, -0.2) is 10.4 Å². The zero-order valence-corrected chi connectivity index (χ0v) is 12.3. The van der Waals surface area contributed by atoms with Gasteiger partial charge in [-0.15, -0.1) is 0 Å². The lowest BCUT2D eigenvalue weighted by atomic mass is 9.92. The van der Waals surface area contributed by atoms with Crippen molar-refractivity contribution in [3.05, 3.63) is 52.5 Å². The number of nitrogens with two attached hydrogens (primary N) is 1. The molecule has 2 aromatic rings. The lowest BCUT2D eigenvalue weighted by Crippen LogP contribution is -2.31. The van der Waals surface area contributed by atoms with Gasteiger partial charge in [-0.1, -0.05) is 17.7 Å². The molecule has 0 fully saturated rings. The van der Waals surface area contributed by atoms with Gasteiger partial charge in [0.15, 0.2) is 0 Å². The van der Waals surface area contributed by atoms with E-state index in [9.17, 15) is 0 Å². The van der Waals surface area contributed by atoms with Crippen LogP contribution in [0.3, 0.4) is 0 Å². The molecule has 0 aliphatic heterocycles. The van der Waals surface area contributed by atoms with Gasteiger partial charge >= 0.3 is 0 Å². The summed E-state index contributed by atoms with van der Waals surface area (Å²) in [5.74, 6) is 6.24. The minimum absolute atomic E-state index is 0.251. The summed E-state index contributed by atoms with van der Waals surface area (Å²) < 4.78 is 5.28. The molecule has 106 valence electrons. The molecule has 20 heavy (non-hydrogen) atoms. The molecule has 0 bridgehead atoms. The van der Waals surface area contributed by atoms with Gasteiger partial charge in [0.05, 0.1) is 13.2 Å². The van der Waals surface area contributed by atoms with Crippen LogP contribution in [0, 0.1) is 20.8 Å². The highest BCUT2D eigenvalue weighted by Crippen LogP contribution is 2.30.